The molecule has 2 fully saturated rings. The largest absolute Gasteiger partial charge is 0.741 e. The molecule has 23 heavy (non-hydrogen) atoms. The van der Waals surface area contributed by atoms with Crippen LogP contribution in [0.1, 0.15) is 51.4 Å². The van der Waals surface area contributed by atoms with E-state index in [0.717, 1.165) is 16.9 Å². The Morgan fingerprint density at radius 1 is 1.04 bits per heavy atom. The fraction of sp³-hybridized carbons (Fsp3) is 0.929. The quantitative estimate of drug-likeness (QED) is 0.328. The first-order valence-electron chi connectivity index (χ1n) is 7.79. The molecule has 1 aliphatic heterocycles. The number of rotatable bonds is 3. The van der Waals surface area contributed by atoms with Gasteiger partial charge in [0.1, 0.15) is 11.0 Å². The van der Waals surface area contributed by atoms with E-state index in [9.17, 15) is 18.0 Å². The van der Waals surface area contributed by atoms with Crippen molar-refractivity contribution in [2.45, 2.75) is 62.1 Å². The molecule has 0 radical (unpaired) electrons. The van der Waals surface area contributed by atoms with Gasteiger partial charge in [-0.2, -0.15) is 13.2 Å². The molecule has 1 saturated carbocycles. The van der Waals surface area contributed by atoms with E-state index < -0.39 is 15.6 Å². The molecule has 0 amide bonds. The molecule has 1 heterocycles. The summed E-state index contributed by atoms with van der Waals surface area (Å²) in [7, 11) is -5.64. The molecule has 0 aromatic carbocycles. The molecule has 0 aromatic rings. The van der Waals surface area contributed by atoms with Gasteiger partial charge in [0, 0.05) is 5.92 Å². The molecule has 1 saturated heterocycles. The van der Waals surface area contributed by atoms with E-state index in [2.05, 4.69) is 0 Å². The van der Waals surface area contributed by atoms with Gasteiger partial charge in [-0.15, -0.1) is 0 Å². The number of aldehydes is 1. The number of alkyl halides is 3. The predicted octanol–water partition coefficient (Wildman–Crippen LogP) is 2.99. The van der Waals surface area contributed by atoms with E-state index in [1.165, 1.54) is 63.4 Å². The molecule has 2 atom stereocenters. The highest BCUT2D eigenvalue weighted by Crippen LogP contribution is 2.35. The van der Waals surface area contributed by atoms with E-state index in [1.807, 2.05) is 0 Å². The van der Waals surface area contributed by atoms with Crippen LogP contribution < -0.4 is 0 Å². The van der Waals surface area contributed by atoms with Gasteiger partial charge in [-0.05, 0) is 43.0 Å². The highest BCUT2D eigenvalue weighted by atomic mass is 32.2. The number of hydrogen-bond donors (Lipinski definition) is 0. The normalized spacial score (nSPS) is 27.0. The van der Waals surface area contributed by atoms with Crippen LogP contribution in [0.15, 0.2) is 0 Å². The Balaban J connectivity index is 0.000000284. The monoisotopic (exact) mass is 376 g/mol. The number of hydrogen-bond acceptors (Lipinski definition) is 4. The lowest BCUT2D eigenvalue weighted by atomic mass is 9.85. The average Bonchev–Trinajstić information content (AvgIpc) is 2.48. The maximum Gasteiger partial charge on any atom is 0.485 e. The van der Waals surface area contributed by atoms with Crippen molar-refractivity contribution >= 4 is 27.3 Å². The molecular weight excluding hydrogens is 353 g/mol. The van der Waals surface area contributed by atoms with E-state index in [-0.39, 0.29) is 0 Å². The number of carbonyl (C=O) groups is 1. The van der Waals surface area contributed by atoms with Crippen LogP contribution >= 0.6 is 0 Å². The maximum absolute atomic E-state index is 10.7. The van der Waals surface area contributed by atoms with Gasteiger partial charge in [-0.25, -0.2) is 8.42 Å². The van der Waals surface area contributed by atoms with E-state index >= 15 is 0 Å². The van der Waals surface area contributed by atoms with Crippen molar-refractivity contribution in [1.29, 1.82) is 0 Å². The summed E-state index contributed by atoms with van der Waals surface area (Å²) < 4.78 is 58.9. The summed E-state index contributed by atoms with van der Waals surface area (Å²) in [5.74, 6) is 3.18. The van der Waals surface area contributed by atoms with Crippen molar-refractivity contribution in [2.24, 2.45) is 5.92 Å². The van der Waals surface area contributed by atoms with Gasteiger partial charge in [0.05, 0.1) is 0 Å². The van der Waals surface area contributed by atoms with Gasteiger partial charge in [0.2, 0.25) is 0 Å². The standard InChI is InChI=1S/C13H23OS.CHF3O3S/c14-9-11-15-10-5-4-8-13(15)12-6-2-1-3-7-12;2-1(3,4)8(5,6)7/h9,12-13H,1-8,10-11H2;(H,5,6,7)/q+1;/p-1. The third-order valence-corrected chi connectivity index (χ3v) is 7.74. The zero-order valence-corrected chi connectivity index (χ0v) is 14.5. The molecule has 0 N–H and O–H groups in total. The van der Waals surface area contributed by atoms with Crippen molar-refractivity contribution in [3.05, 3.63) is 0 Å². The lowest BCUT2D eigenvalue weighted by Gasteiger charge is -2.32. The first-order chi connectivity index (χ1) is 10.7. The third-order valence-electron chi connectivity index (χ3n) is 4.31. The Morgan fingerprint density at radius 2 is 1.57 bits per heavy atom. The summed E-state index contributed by atoms with van der Waals surface area (Å²) in [4.78, 5) is 10.7. The van der Waals surface area contributed by atoms with Crippen molar-refractivity contribution < 1.29 is 30.9 Å². The Kier molecular flexibility index (Phi) is 8.37. The Labute approximate surface area is 138 Å². The molecule has 0 bridgehead atoms. The summed E-state index contributed by atoms with van der Waals surface area (Å²) in [5, 5.41) is 0.921. The number of halogens is 3. The average molecular weight is 376 g/mol. The van der Waals surface area contributed by atoms with Crippen LogP contribution in [-0.4, -0.2) is 41.5 Å². The zero-order chi connectivity index (χ0) is 17.5. The van der Waals surface area contributed by atoms with Gasteiger partial charge < -0.3 is 4.55 Å². The van der Waals surface area contributed by atoms with E-state index in [4.69, 9.17) is 13.0 Å². The minimum Gasteiger partial charge on any atom is -0.741 e. The van der Waals surface area contributed by atoms with Gasteiger partial charge in [-0.3, -0.25) is 4.79 Å². The Morgan fingerprint density at radius 3 is 2.04 bits per heavy atom. The molecule has 2 unspecified atom stereocenters. The van der Waals surface area contributed by atoms with Crippen LogP contribution in [0.2, 0.25) is 0 Å². The molecule has 0 aromatic heterocycles. The smallest absolute Gasteiger partial charge is 0.485 e. The molecule has 2 aliphatic rings. The molecule has 4 nitrogen and oxygen atoms in total. The van der Waals surface area contributed by atoms with Crippen molar-refractivity contribution in [1.82, 2.24) is 0 Å². The van der Waals surface area contributed by atoms with Gasteiger partial charge >= 0.3 is 5.51 Å². The first-order valence-corrected chi connectivity index (χ1v) is 10.8. The summed E-state index contributed by atoms with van der Waals surface area (Å²) >= 11 is 0. The second kappa shape index (κ2) is 9.27. The van der Waals surface area contributed by atoms with Crippen LogP contribution in [0.5, 0.6) is 0 Å². The Bertz CT molecular complexity index is 459. The summed E-state index contributed by atoms with van der Waals surface area (Å²) in [6.45, 7) is 0. The lowest BCUT2D eigenvalue weighted by Crippen LogP contribution is -2.38. The zero-order valence-electron chi connectivity index (χ0n) is 12.9. The fourth-order valence-corrected chi connectivity index (χ4v) is 6.04. The van der Waals surface area contributed by atoms with Crippen molar-refractivity contribution in [3.8, 4) is 0 Å². The molecule has 2 rings (SSSR count). The highest BCUT2D eigenvalue weighted by molar-refractivity contribution is 7.98. The van der Waals surface area contributed by atoms with Crippen LogP contribution in [0.25, 0.3) is 0 Å². The molecule has 136 valence electrons. The lowest BCUT2D eigenvalue weighted by molar-refractivity contribution is -0.105. The number of carbonyl (C=O) groups excluding carboxylic acids is 1. The first kappa shape index (κ1) is 20.8. The third kappa shape index (κ3) is 7.01. The molecule has 1 aliphatic carbocycles. The molecule has 0 spiro atoms. The SMILES string of the molecule is O=CC[S+]1CCCCC1C1CCCCC1.O=S(=O)([O-])C(F)(F)F. The van der Waals surface area contributed by atoms with Crippen molar-refractivity contribution in [2.75, 3.05) is 11.5 Å². The minimum absolute atomic E-state index is 0.452. The van der Waals surface area contributed by atoms with Crippen LogP contribution in [0.3, 0.4) is 0 Å². The fourth-order valence-electron chi connectivity index (χ4n) is 3.26. The van der Waals surface area contributed by atoms with Gasteiger partial charge in [0.25, 0.3) is 0 Å². The topological polar surface area (TPSA) is 74.3 Å². The molecule has 9 heteroatoms. The second-order valence-electron chi connectivity index (χ2n) is 5.91. The summed E-state index contributed by atoms with van der Waals surface area (Å²) in [6, 6.07) is 0. The summed E-state index contributed by atoms with van der Waals surface area (Å²) in [5.41, 5.74) is -5.65. The summed E-state index contributed by atoms with van der Waals surface area (Å²) in [6.07, 6.45) is 12.6. The van der Waals surface area contributed by atoms with Crippen LogP contribution in [0, 0.1) is 5.92 Å². The second-order valence-corrected chi connectivity index (χ2v) is 9.70. The van der Waals surface area contributed by atoms with Crippen LogP contribution in [0.4, 0.5) is 13.2 Å². The van der Waals surface area contributed by atoms with Crippen molar-refractivity contribution in [3.63, 3.8) is 0 Å². The maximum atomic E-state index is 10.7. The van der Waals surface area contributed by atoms with E-state index in [0.29, 0.717) is 10.9 Å². The minimum atomic E-state index is -6.09. The Hall–Kier alpha value is -0.280. The predicted molar refractivity (Wildman–Crippen MR) is 83.1 cm³/mol. The van der Waals surface area contributed by atoms with Gasteiger partial charge in [-0.1, -0.05) is 19.3 Å². The van der Waals surface area contributed by atoms with Crippen LogP contribution in [-0.2, 0) is 25.8 Å². The van der Waals surface area contributed by atoms with E-state index in [1.54, 1.807) is 0 Å². The van der Waals surface area contributed by atoms with Gasteiger partial charge in [0.15, 0.2) is 22.2 Å². The highest BCUT2D eigenvalue weighted by Gasteiger charge is 2.39. The molecular formula is C14H23F3O4S2.